The van der Waals surface area contributed by atoms with Crippen LogP contribution in [0.2, 0.25) is 0 Å². The van der Waals surface area contributed by atoms with Crippen LogP contribution in [0.3, 0.4) is 0 Å². The minimum Gasteiger partial charge on any atom is -0.481 e. The van der Waals surface area contributed by atoms with Gasteiger partial charge in [0.1, 0.15) is 0 Å². The number of nitrogens with one attached hydrogen (secondary N) is 1. The van der Waals surface area contributed by atoms with E-state index in [1.54, 1.807) is 44.3 Å². The molecule has 2 amide bonds. The SMILES string of the molecule is CC(C#N)CN(C)C(=O)NCC(C(=O)O)c1ccccc1. The topological polar surface area (TPSA) is 93.4 Å². The highest BCUT2D eigenvalue weighted by Gasteiger charge is 2.21. The molecule has 6 heteroatoms. The standard InChI is InChI=1S/C15H19N3O3/c1-11(8-16)10-18(2)15(21)17-9-13(14(19)20)12-6-4-3-5-7-12/h3-7,11,13H,9-10H2,1-2H3,(H,17,21)(H,19,20). The quantitative estimate of drug-likeness (QED) is 0.832. The zero-order valence-electron chi connectivity index (χ0n) is 12.1. The third kappa shape index (κ3) is 5.15. The summed E-state index contributed by atoms with van der Waals surface area (Å²) in [4.78, 5) is 24.5. The second-order valence-electron chi connectivity index (χ2n) is 4.90. The van der Waals surface area contributed by atoms with E-state index in [0.29, 0.717) is 12.1 Å². The monoisotopic (exact) mass is 289 g/mol. The number of rotatable bonds is 6. The van der Waals surface area contributed by atoms with Gasteiger partial charge in [-0.2, -0.15) is 5.26 Å². The summed E-state index contributed by atoms with van der Waals surface area (Å²) in [5.74, 6) is -2.06. The maximum Gasteiger partial charge on any atom is 0.317 e. The van der Waals surface area contributed by atoms with Gasteiger partial charge in [-0.15, -0.1) is 0 Å². The maximum atomic E-state index is 11.9. The van der Waals surface area contributed by atoms with Crippen LogP contribution in [0.5, 0.6) is 0 Å². The first-order chi connectivity index (χ1) is 9.95. The van der Waals surface area contributed by atoms with Crippen molar-refractivity contribution in [1.82, 2.24) is 10.2 Å². The lowest BCUT2D eigenvalue weighted by Crippen LogP contribution is -2.41. The highest BCUT2D eigenvalue weighted by atomic mass is 16.4. The Bertz CT molecular complexity index is 525. The molecule has 1 aromatic rings. The zero-order valence-corrected chi connectivity index (χ0v) is 12.1. The molecule has 112 valence electrons. The van der Waals surface area contributed by atoms with Crippen molar-refractivity contribution in [1.29, 1.82) is 5.26 Å². The zero-order chi connectivity index (χ0) is 15.8. The van der Waals surface area contributed by atoms with Crippen LogP contribution in [0.15, 0.2) is 30.3 Å². The number of urea groups is 1. The predicted molar refractivity (Wildman–Crippen MR) is 77.6 cm³/mol. The van der Waals surface area contributed by atoms with Gasteiger partial charge >= 0.3 is 12.0 Å². The summed E-state index contributed by atoms with van der Waals surface area (Å²) in [6, 6.07) is 10.4. The summed E-state index contributed by atoms with van der Waals surface area (Å²) >= 11 is 0. The van der Waals surface area contributed by atoms with Crippen molar-refractivity contribution >= 4 is 12.0 Å². The summed E-state index contributed by atoms with van der Waals surface area (Å²) in [5, 5.41) is 20.6. The molecular formula is C15H19N3O3. The lowest BCUT2D eigenvalue weighted by Gasteiger charge is -2.20. The molecule has 2 N–H and O–H groups in total. The average Bonchev–Trinajstić information content (AvgIpc) is 2.47. The van der Waals surface area contributed by atoms with Gasteiger partial charge in [0.05, 0.1) is 17.9 Å². The van der Waals surface area contributed by atoms with Crippen LogP contribution < -0.4 is 5.32 Å². The van der Waals surface area contributed by atoms with Gasteiger partial charge in [0.2, 0.25) is 0 Å². The molecule has 0 aliphatic carbocycles. The van der Waals surface area contributed by atoms with Gasteiger partial charge in [0.15, 0.2) is 0 Å². The van der Waals surface area contributed by atoms with E-state index in [9.17, 15) is 14.7 Å². The number of nitriles is 1. The van der Waals surface area contributed by atoms with E-state index in [1.807, 2.05) is 6.07 Å². The molecule has 0 aliphatic rings. The molecule has 0 aliphatic heterocycles. The van der Waals surface area contributed by atoms with Crippen molar-refractivity contribution in [3.8, 4) is 6.07 Å². The number of nitrogens with zero attached hydrogens (tertiary/aromatic N) is 2. The highest BCUT2D eigenvalue weighted by Crippen LogP contribution is 2.14. The molecule has 0 aromatic heterocycles. The molecule has 0 saturated heterocycles. The number of carbonyl (C=O) groups is 2. The van der Waals surface area contributed by atoms with Crippen LogP contribution in [0.4, 0.5) is 4.79 Å². The summed E-state index contributed by atoms with van der Waals surface area (Å²) in [5.41, 5.74) is 0.637. The van der Waals surface area contributed by atoms with E-state index in [-0.39, 0.29) is 18.5 Å². The third-order valence-corrected chi connectivity index (χ3v) is 3.07. The van der Waals surface area contributed by atoms with Crippen LogP contribution in [-0.2, 0) is 4.79 Å². The Labute approximate surface area is 124 Å². The molecule has 21 heavy (non-hydrogen) atoms. The Morgan fingerprint density at radius 2 is 2.00 bits per heavy atom. The molecule has 0 bridgehead atoms. The number of amides is 2. The van der Waals surface area contributed by atoms with Crippen molar-refractivity contribution in [3.63, 3.8) is 0 Å². The van der Waals surface area contributed by atoms with Crippen LogP contribution in [0.1, 0.15) is 18.4 Å². The number of benzene rings is 1. The van der Waals surface area contributed by atoms with Crippen LogP contribution in [0.25, 0.3) is 0 Å². The van der Waals surface area contributed by atoms with Gasteiger partial charge in [-0.1, -0.05) is 30.3 Å². The second kappa shape index (κ2) is 7.90. The minimum atomic E-state index is -0.991. The maximum absolute atomic E-state index is 11.9. The van der Waals surface area contributed by atoms with Gasteiger partial charge in [-0.25, -0.2) is 4.79 Å². The first-order valence-corrected chi connectivity index (χ1v) is 6.62. The van der Waals surface area contributed by atoms with Gasteiger partial charge in [0.25, 0.3) is 0 Å². The summed E-state index contributed by atoms with van der Waals surface area (Å²) in [6.45, 7) is 2.02. The van der Waals surface area contributed by atoms with E-state index >= 15 is 0 Å². The Morgan fingerprint density at radius 3 is 2.52 bits per heavy atom. The Morgan fingerprint density at radius 1 is 1.38 bits per heavy atom. The first kappa shape index (κ1) is 16.5. The largest absolute Gasteiger partial charge is 0.481 e. The van der Waals surface area contributed by atoms with Gasteiger partial charge < -0.3 is 15.3 Å². The van der Waals surface area contributed by atoms with Crippen molar-refractivity contribution in [2.45, 2.75) is 12.8 Å². The summed E-state index contributed by atoms with van der Waals surface area (Å²) in [7, 11) is 1.57. The van der Waals surface area contributed by atoms with Crippen LogP contribution in [0, 0.1) is 17.2 Å². The van der Waals surface area contributed by atoms with E-state index in [2.05, 4.69) is 5.32 Å². The van der Waals surface area contributed by atoms with Gasteiger partial charge in [-0.3, -0.25) is 4.79 Å². The molecule has 1 rings (SSSR count). The number of carbonyl (C=O) groups excluding carboxylic acids is 1. The van der Waals surface area contributed by atoms with Gasteiger partial charge in [-0.05, 0) is 12.5 Å². The van der Waals surface area contributed by atoms with E-state index in [1.165, 1.54) is 4.90 Å². The second-order valence-corrected chi connectivity index (χ2v) is 4.90. The van der Waals surface area contributed by atoms with Crippen molar-refractivity contribution < 1.29 is 14.7 Å². The van der Waals surface area contributed by atoms with E-state index in [4.69, 9.17) is 5.26 Å². The Balaban J connectivity index is 2.61. The van der Waals surface area contributed by atoms with E-state index < -0.39 is 11.9 Å². The lowest BCUT2D eigenvalue weighted by atomic mass is 9.99. The van der Waals surface area contributed by atoms with Crippen molar-refractivity contribution in [2.75, 3.05) is 20.1 Å². The lowest BCUT2D eigenvalue weighted by molar-refractivity contribution is -0.138. The molecule has 6 nitrogen and oxygen atoms in total. The molecule has 0 heterocycles. The molecule has 0 saturated carbocycles. The highest BCUT2D eigenvalue weighted by molar-refractivity contribution is 5.79. The molecule has 1 aromatic carbocycles. The Hall–Kier alpha value is -2.55. The number of aliphatic carboxylic acids is 1. The minimum absolute atomic E-state index is 0.00343. The number of carboxylic acid groups (broad SMARTS) is 1. The molecule has 2 atom stereocenters. The number of hydrogen-bond donors (Lipinski definition) is 2. The predicted octanol–water partition coefficient (Wildman–Crippen LogP) is 1.66. The molecule has 0 spiro atoms. The van der Waals surface area contributed by atoms with Crippen LogP contribution >= 0.6 is 0 Å². The molecular weight excluding hydrogens is 270 g/mol. The third-order valence-electron chi connectivity index (χ3n) is 3.07. The molecule has 0 fully saturated rings. The van der Waals surface area contributed by atoms with Crippen molar-refractivity contribution in [3.05, 3.63) is 35.9 Å². The van der Waals surface area contributed by atoms with E-state index in [0.717, 1.165) is 0 Å². The normalized spacial score (nSPS) is 12.8. The van der Waals surface area contributed by atoms with Crippen LogP contribution in [-0.4, -0.2) is 42.1 Å². The molecule has 2 unspecified atom stereocenters. The smallest absolute Gasteiger partial charge is 0.317 e. The van der Waals surface area contributed by atoms with Crippen molar-refractivity contribution in [2.24, 2.45) is 5.92 Å². The Kier molecular flexibility index (Phi) is 6.21. The summed E-state index contributed by atoms with van der Waals surface area (Å²) in [6.07, 6.45) is 0. The molecule has 0 radical (unpaired) electrons. The fraction of sp³-hybridized carbons (Fsp3) is 0.400. The summed E-state index contributed by atoms with van der Waals surface area (Å²) < 4.78 is 0. The number of carboxylic acids is 1. The average molecular weight is 289 g/mol. The van der Waals surface area contributed by atoms with Gasteiger partial charge in [0, 0.05) is 20.1 Å². The fourth-order valence-electron chi connectivity index (χ4n) is 1.89. The fourth-order valence-corrected chi connectivity index (χ4v) is 1.89. The number of hydrogen-bond acceptors (Lipinski definition) is 3. The first-order valence-electron chi connectivity index (χ1n) is 6.62.